The number of piperidine rings is 1. The number of nitrogens with one attached hydrogen (secondary N) is 2. The molecule has 0 spiro atoms. The maximum atomic E-state index is 4.80. The number of likely N-dealkylation sites (tertiary alicyclic amines) is 1. The molecule has 5 heteroatoms. The molecule has 0 amide bonds. The van der Waals surface area contributed by atoms with Gasteiger partial charge in [0.05, 0.1) is 6.54 Å². The summed E-state index contributed by atoms with van der Waals surface area (Å²) in [5, 5.41) is 7.03. The van der Waals surface area contributed by atoms with Gasteiger partial charge in [0.25, 0.3) is 0 Å². The molecule has 1 saturated carbocycles. The Kier molecular flexibility index (Phi) is 8.60. The predicted octanol–water partition coefficient (Wildman–Crippen LogP) is 2.07. The molecule has 2 aliphatic rings. The van der Waals surface area contributed by atoms with Crippen LogP contribution in [0.5, 0.6) is 0 Å². The average Bonchev–Trinajstić information content (AvgIpc) is 3.11. The van der Waals surface area contributed by atoms with Crippen molar-refractivity contribution in [1.82, 2.24) is 20.4 Å². The van der Waals surface area contributed by atoms with E-state index in [0.717, 1.165) is 51.3 Å². The molecular weight excluding hydrogens is 298 g/mol. The largest absolute Gasteiger partial charge is 0.357 e. The van der Waals surface area contributed by atoms with Crippen molar-refractivity contribution in [3.05, 3.63) is 12.7 Å². The molecule has 1 heterocycles. The Morgan fingerprint density at radius 1 is 1.25 bits per heavy atom. The Hall–Kier alpha value is -1.07. The van der Waals surface area contributed by atoms with Crippen LogP contribution in [0, 0.1) is 0 Å². The van der Waals surface area contributed by atoms with Gasteiger partial charge in [0.15, 0.2) is 5.96 Å². The van der Waals surface area contributed by atoms with Crippen LogP contribution in [0.1, 0.15) is 45.4 Å². The maximum absolute atomic E-state index is 4.80. The Bertz CT molecular complexity index is 381. The number of hydrogen-bond donors (Lipinski definition) is 2. The second-order valence-electron chi connectivity index (χ2n) is 7.19. The van der Waals surface area contributed by atoms with Gasteiger partial charge < -0.3 is 15.5 Å². The van der Waals surface area contributed by atoms with Gasteiger partial charge in [0.2, 0.25) is 0 Å². The summed E-state index contributed by atoms with van der Waals surface area (Å²) >= 11 is 0. The summed E-state index contributed by atoms with van der Waals surface area (Å²) in [6.07, 6.45) is 9.88. The number of likely N-dealkylation sites (N-methyl/N-ethyl adjacent to an activating group) is 1. The standard InChI is InChI=1S/C19H37N5/c1-4-13-24-14-10-17(11-15-24)22-19(20-5-2)21-12-16-23(3)18-8-6-7-9-18/h4,17-18H,1,5-16H2,2-3H3,(H2,20,21,22). The number of rotatable bonds is 8. The van der Waals surface area contributed by atoms with E-state index < -0.39 is 0 Å². The summed E-state index contributed by atoms with van der Waals surface area (Å²) in [6.45, 7) is 12.1. The van der Waals surface area contributed by atoms with Crippen LogP contribution in [0.15, 0.2) is 17.6 Å². The van der Waals surface area contributed by atoms with Crippen LogP contribution >= 0.6 is 0 Å². The monoisotopic (exact) mass is 335 g/mol. The molecule has 0 radical (unpaired) electrons. The van der Waals surface area contributed by atoms with Crippen molar-refractivity contribution in [3.63, 3.8) is 0 Å². The molecule has 0 atom stereocenters. The number of guanidine groups is 1. The third-order valence-corrected chi connectivity index (χ3v) is 5.33. The number of hydrogen-bond acceptors (Lipinski definition) is 3. The van der Waals surface area contributed by atoms with E-state index in [9.17, 15) is 0 Å². The highest BCUT2D eigenvalue weighted by atomic mass is 15.2. The molecule has 0 bridgehead atoms. The van der Waals surface area contributed by atoms with Crippen LogP contribution in [-0.2, 0) is 0 Å². The van der Waals surface area contributed by atoms with Gasteiger partial charge in [-0.1, -0.05) is 18.9 Å². The van der Waals surface area contributed by atoms with Crippen LogP contribution < -0.4 is 10.6 Å². The molecule has 2 fully saturated rings. The molecule has 1 saturated heterocycles. The first-order valence-corrected chi connectivity index (χ1v) is 9.81. The number of nitrogens with zero attached hydrogens (tertiary/aromatic N) is 3. The fourth-order valence-corrected chi connectivity index (χ4v) is 3.80. The van der Waals surface area contributed by atoms with Gasteiger partial charge in [-0.05, 0) is 39.7 Å². The van der Waals surface area contributed by atoms with Crippen molar-refractivity contribution in [2.24, 2.45) is 4.99 Å². The molecule has 1 aliphatic heterocycles. The summed E-state index contributed by atoms with van der Waals surface area (Å²) in [6, 6.07) is 1.32. The van der Waals surface area contributed by atoms with E-state index in [-0.39, 0.29) is 0 Å². The van der Waals surface area contributed by atoms with Gasteiger partial charge >= 0.3 is 0 Å². The van der Waals surface area contributed by atoms with E-state index in [0.29, 0.717) is 6.04 Å². The molecule has 1 aliphatic carbocycles. The highest BCUT2D eigenvalue weighted by Gasteiger charge is 2.20. The van der Waals surface area contributed by atoms with E-state index in [2.05, 4.69) is 41.0 Å². The average molecular weight is 336 g/mol. The minimum Gasteiger partial charge on any atom is -0.357 e. The maximum Gasteiger partial charge on any atom is 0.191 e. The van der Waals surface area contributed by atoms with E-state index in [1.54, 1.807) is 0 Å². The molecule has 0 aromatic heterocycles. The van der Waals surface area contributed by atoms with Crippen molar-refractivity contribution in [2.75, 3.05) is 46.3 Å². The third kappa shape index (κ3) is 6.44. The van der Waals surface area contributed by atoms with Gasteiger partial charge in [-0.3, -0.25) is 9.89 Å². The van der Waals surface area contributed by atoms with Gasteiger partial charge in [-0.15, -0.1) is 6.58 Å². The highest BCUT2D eigenvalue weighted by molar-refractivity contribution is 5.80. The second-order valence-corrected chi connectivity index (χ2v) is 7.19. The van der Waals surface area contributed by atoms with Gasteiger partial charge in [-0.2, -0.15) is 0 Å². The molecular formula is C19H37N5. The Morgan fingerprint density at radius 3 is 2.58 bits per heavy atom. The number of aliphatic imine (C=N–C) groups is 1. The molecule has 2 rings (SSSR count). The first-order chi connectivity index (χ1) is 11.7. The lowest BCUT2D eigenvalue weighted by Gasteiger charge is -2.32. The van der Waals surface area contributed by atoms with Crippen molar-refractivity contribution < 1.29 is 0 Å². The first-order valence-electron chi connectivity index (χ1n) is 9.81. The quantitative estimate of drug-likeness (QED) is 0.405. The first kappa shape index (κ1) is 19.3. The molecule has 24 heavy (non-hydrogen) atoms. The van der Waals surface area contributed by atoms with Gasteiger partial charge in [0, 0.05) is 44.8 Å². The fraction of sp³-hybridized carbons (Fsp3) is 0.842. The summed E-state index contributed by atoms with van der Waals surface area (Å²) < 4.78 is 0. The summed E-state index contributed by atoms with van der Waals surface area (Å²) in [5.41, 5.74) is 0. The normalized spacial score (nSPS) is 21.4. The topological polar surface area (TPSA) is 42.9 Å². The van der Waals surface area contributed by atoms with Crippen LogP contribution in [0.25, 0.3) is 0 Å². The summed E-state index contributed by atoms with van der Waals surface area (Å²) in [7, 11) is 2.25. The molecule has 138 valence electrons. The third-order valence-electron chi connectivity index (χ3n) is 5.33. The molecule has 2 N–H and O–H groups in total. The van der Waals surface area contributed by atoms with Crippen LogP contribution in [-0.4, -0.2) is 74.2 Å². The van der Waals surface area contributed by atoms with Gasteiger partial charge in [0.1, 0.15) is 0 Å². The SMILES string of the molecule is C=CCN1CCC(NC(=NCCN(C)C2CCCC2)NCC)CC1. The van der Waals surface area contributed by atoms with Crippen LogP contribution in [0.4, 0.5) is 0 Å². The van der Waals surface area contributed by atoms with E-state index in [4.69, 9.17) is 4.99 Å². The zero-order valence-corrected chi connectivity index (χ0v) is 15.8. The molecule has 5 nitrogen and oxygen atoms in total. The lowest BCUT2D eigenvalue weighted by atomic mass is 10.1. The summed E-state index contributed by atoms with van der Waals surface area (Å²) in [4.78, 5) is 9.76. The Labute approximate surface area is 148 Å². The minimum absolute atomic E-state index is 0.538. The lowest BCUT2D eigenvalue weighted by molar-refractivity contribution is 0.225. The Balaban J connectivity index is 1.73. The zero-order chi connectivity index (χ0) is 17.2. The molecule has 0 unspecified atom stereocenters. The summed E-state index contributed by atoms with van der Waals surface area (Å²) in [5.74, 6) is 0.986. The van der Waals surface area contributed by atoms with Gasteiger partial charge in [-0.25, -0.2) is 0 Å². The van der Waals surface area contributed by atoms with E-state index >= 15 is 0 Å². The van der Waals surface area contributed by atoms with Crippen LogP contribution in [0.3, 0.4) is 0 Å². The van der Waals surface area contributed by atoms with Crippen molar-refractivity contribution in [2.45, 2.75) is 57.5 Å². The second kappa shape index (κ2) is 10.7. The molecule has 0 aromatic carbocycles. The fourth-order valence-electron chi connectivity index (χ4n) is 3.80. The minimum atomic E-state index is 0.538. The lowest BCUT2D eigenvalue weighted by Crippen LogP contribution is -2.48. The van der Waals surface area contributed by atoms with Crippen molar-refractivity contribution in [3.8, 4) is 0 Å². The van der Waals surface area contributed by atoms with E-state index in [1.807, 2.05) is 6.08 Å². The van der Waals surface area contributed by atoms with Crippen molar-refractivity contribution in [1.29, 1.82) is 0 Å². The van der Waals surface area contributed by atoms with Crippen LogP contribution in [0.2, 0.25) is 0 Å². The smallest absolute Gasteiger partial charge is 0.191 e. The highest BCUT2D eigenvalue weighted by Crippen LogP contribution is 2.21. The zero-order valence-electron chi connectivity index (χ0n) is 15.8. The molecule has 0 aromatic rings. The predicted molar refractivity (Wildman–Crippen MR) is 104 cm³/mol. The Morgan fingerprint density at radius 2 is 1.96 bits per heavy atom. The van der Waals surface area contributed by atoms with Crippen molar-refractivity contribution >= 4 is 5.96 Å². The van der Waals surface area contributed by atoms with E-state index in [1.165, 1.54) is 38.5 Å².